The van der Waals surface area contributed by atoms with Crippen molar-refractivity contribution in [1.29, 1.82) is 0 Å². The molecule has 0 radical (unpaired) electrons. The Morgan fingerprint density at radius 3 is 0.791 bits per heavy atom. The van der Waals surface area contributed by atoms with Crippen molar-refractivity contribution in [1.82, 2.24) is 0 Å². The van der Waals surface area contributed by atoms with Gasteiger partial charge in [0.2, 0.25) is 0 Å². The predicted octanol–water partition coefficient (Wildman–Crippen LogP) is 18.8. The maximum atomic E-state index is 13.0. The number of phosphoric acid groups is 2. The molecule has 2 unspecified atom stereocenters. The zero-order valence-corrected chi connectivity index (χ0v) is 57.4. The third-order valence-electron chi connectivity index (χ3n) is 15.5. The van der Waals surface area contributed by atoms with Crippen LogP contribution in [0.5, 0.6) is 0 Å². The van der Waals surface area contributed by atoms with Gasteiger partial charge in [0.05, 0.1) is 26.4 Å². The van der Waals surface area contributed by atoms with Crippen molar-refractivity contribution >= 4 is 39.5 Å². The minimum Gasteiger partial charge on any atom is -0.462 e. The average molecular weight is 1270 g/mol. The highest BCUT2D eigenvalue weighted by atomic mass is 31.2. The fourth-order valence-corrected chi connectivity index (χ4v) is 11.6. The van der Waals surface area contributed by atoms with Crippen molar-refractivity contribution in [3.8, 4) is 0 Å². The lowest BCUT2D eigenvalue weighted by Crippen LogP contribution is -2.30. The Labute approximate surface area is 524 Å². The molecule has 86 heavy (non-hydrogen) atoms. The number of carbonyl (C=O) groups is 4. The number of aliphatic hydroxyl groups is 1. The van der Waals surface area contributed by atoms with Gasteiger partial charge in [0.1, 0.15) is 19.3 Å². The molecular formula is C67H130O17P2. The summed E-state index contributed by atoms with van der Waals surface area (Å²) in [4.78, 5) is 72.2. The van der Waals surface area contributed by atoms with E-state index < -0.39 is 97.5 Å². The monoisotopic (exact) mass is 1270 g/mol. The normalized spacial score (nSPS) is 14.2. The smallest absolute Gasteiger partial charge is 0.462 e. The number of carbonyl (C=O) groups excluding carboxylic acids is 4. The molecule has 0 aromatic heterocycles. The van der Waals surface area contributed by atoms with Crippen LogP contribution in [-0.2, 0) is 65.4 Å². The van der Waals surface area contributed by atoms with E-state index in [9.17, 15) is 43.2 Å². The van der Waals surface area contributed by atoms with Crippen molar-refractivity contribution in [3.63, 3.8) is 0 Å². The maximum Gasteiger partial charge on any atom is 0.472 e. The Morgan fingerprint density at radius 2 is 0.535 bits per heavy atom. The number of phosphoric ester groups is 2. The summed E-state index contributed by atoms with van der Waals surface area (Å²) >= 11 is 0. The summed E-state index contributed by atoms with van der Waals surface area (Å²) in [5.41, 5.74) is 0. The molecule has 0 aromatic carbocycles. The van der Waals surface area contributed by atoms with Gasteiger partial charge in [-0.1, -0.05) is 286 Å². The van der Waals surface area contributed by atoms with Crippen LogP contribution in [0.25, 0.3) is 0 Å². The molecule has 0 bridgehead atoms. The van der Waals surface area contributed by atoms with Crippen LogP contribution in [0.4, 0.5) is 0 Å². The quantitative estimate of drug-likeness (QED) is 0.0222. The first-order valence-electron chi connectivity index (χ1n) is 35.0. The number of unbranched alkanes of at least 4 members (excludes halogenated alkanes) is 36. The summed E-state index contributed by atoms with van der Waals surface area (Å²) in [6.07, 6.45) is 43.3. The lowest BCUT2D eigenvalue weighted by molar-refractivity contribution is -0.161. The minimum atomic E-state index is -4.95. The Balaban J connectivity index is 5.19. The van der Waals surface area contributed by atoms with Gasteiger partial charge in [-0.25, -0.2) is 9.13 Å². The van der Waals surface area contributed by atoms with Gasteiger partial charge in [0.25, 0.3) is 0 Å². The van der Waals surface area contributed by atoms with Crippen LogP contribution in [0, 0.1) is 11.8 Å². The van der Waals surface area contributed by atoms with E-state index in [1.165, 1.54) is 141 Å². The van der Waals surface area contributed by atoms with Crippen LogP contribution in [0.3, 0.4) is 0 Å². The van der Waals surface area contributed by atoms with E-state index in [0.717, 1.165) is 109 Å². The fraction of sp³-hybridized carbons (Fsp3) is 0.940. The molecule has 19 heteroatoms. The summed E-state index contributed by atoms with van der Waals surface area (Å²) < 4.78 is 68.0. The topological polar surface area (TPSA) is 237 Å². The minimum absolute atomic E-state index is 0.103. The van der Waals surface area contributed by atoms with Crippen LogP contribution in [0.2, 0.25) is 0 Å². The molecule has 0 aliphatic carbocycles. The SMILES string of the molecule is CCCCCCCCCCCCCCCCCCCC(=O)O[C@H](COC(=O)CCCCCCCCCCCC(C)C)COP(=O)(O)OC[C@@H](O)COP(=O)(O)OC[C@@H](COC(=O)CCCCCCCCC)OC(=O)CCCCCCCCCC(C)C. The highest BCUT2D eigenvalue weighted by Gasteiger charge is 2.30. The first-order chi connectivity index (χ1) is 41.4. The fourth-order valence-electron chi connectivity index (χ4n) is 10.1. The van der Waals surface area contributed by atoms with Crippen molar-refractivity contribution in [2.45, 2.75) is 355 Å². The second-order valence-corrected chi connectivity index (χ2v) is 28.1. The summed E-state index contributed by atoms with van der Waals surface area (Å²) in [6, 6.07) is 0. The first kappa shape index (κ1) is 84.1. The molecule has 0 aromatic rings. The molecule has 0 amide bonds. The van der Waals surface area contributed by atoms with E-state index in [1.54, 1.807) is 0 Å². The largest absolute Gasteiger partial charge is 0.472 e. The van der Waals surface area contributed by atoms with Crippen LogP contribution in [0.15, 0.2) is 0 Å². The Hall–Kier alpha value is -1.94. The summed E-state index contributed by atoms with van der Waals surface area (Å²) in [7, 11) is -9.89. The standard InChI is InChI=1S/C67H130O17P2/c1-7-9-11-13-15-16-17-18-19-20-21-22-23-26-33-39-45-51-66(71)83-63(56-78-65(70)50-44-38-32-27-24-25-30-35-41-47-59(3)4)58-82-86(75,76)80-54-61(68)53-79-85(73,74)81-57-62(55-77-64(69)49-43-37-29-14-12-10-8-2)84-67(72)52-46-40-34-28-31-36-42-48-60(5)6/h59-63,68H,7-58H2,1-6H3,(H,73,74)(H,75,76)/t61-,62+,63+/m0/s1. The van der Waals surface area contributed by atoms with Crippen LogP contribution >= 0.6 is 15.6 Å². The van der Waals surface area contributed by atoms with Gasteiger partial charge in [0, 0.05) is 25.7 Å². The molecule has 510 valence electrons. The van der Waals surface area contributed by atoms with Crippen LogP contribution in [-0.4, -0.2) is 96.7 Å². The molecule has 0 heterocycles. The van der Waals surface area contributed by atoms with E-state index in [-0.39, 0.29) is 25.7 Å². The van der Waals surface area contributed by atoms with Gasteiger partial charge in [-0.3, -0.25) is 37.3 Å². The first-order valence-corrected chi connectivity index (χ1v) is 38.0. The summed E-state index contributed by atoms with van der Waals surface area (Å²) in [5, 5.41) is 10.5. The van der Waals surface area contributed by atoms with E-state index in [2.05, 4.69) is 41.5 Å². The summed E-state index contributed by atoms with van der Waals surface area (Å²) in [6.45, 7) is 9.40. The lowest BCUT2D eigenvalue weighted by Gasteiger charge is -2.21. The second kappa shape index (κ2) is 59.4. The van der Waals surface area contributed by atoms with E-state index >= 15 is 0 Å². The molecule has 5 atom stereocenters. The molecule has 0 rings (SSSR count). The molecule has 0 saturated heterocycles. The van der Waals surface area contributed by atoms with Gasteiger partial charge < -0.3 is 33.8 Å². The maximum absolute atomic E-state index is 13.0. The van der Waals surface area contributed by atoms with Crippen molar-refractivity contribution in [2.24, 2.45) is 11.8 Å². The van der Waals surface area contributed by atoms with Gasteiger partial charge in [-0.05, 0) is 37.5 Å². The molecule has 0 fully saturated rings. The molecular weight excluding hydrogens is 1140 g/mol. The second-order valence-electron chi connectivity index (χ2n) is 25.2. The number of rotatable bonds is 66. The van der Waals surface area contributed by atoms with Gasteiger partial charge in [-0.15, -0.1) is 0 Å². The third kappa shape index (κ3) is 60.9. The number of hydrogen-bond acceptors (Lipinski definition) is 15. The Bertz CT molecular complexity index is 1680. The summed E-state index contributed by atoms with van der Waals surface area (Å²) in [5.74, 6) is -0.695. The third-order valence-corrected chi connectivity index (χ3v) is 17.4. The molecule has 0 saturated carbocycles. The van der Waals surface area contributed by atoms with Crippen molar-refractivity contribution < 1.29 is 80.2 Å². The van der Waals surface area contributed by atoms with Gasteiger partial charge in [-0.2, -0.15) is 0 Å². The lowest BCUT2D eigenvalue weighted by atomic mass is 10.0. The highest BCUT2D eigenvalue weighted by Crippen LogP contribution is 2.45. The molecule has 0 aliphatic heterocycles. The predicted molar refractivity (Wildman–Crippen MR) is 345 cm³/mol. The number of ether oxygens (including phenoxy) is 4. The highest BCUT2D eigenvalue weighted by molar-refractivity contribution is 7.47. The molecule has 0 aliphatic rings. The molecule has 3 N–H and O–H groups in total. The number of esters is 4. The zero-order valence-electron chi connectivity index (χ0n) is 55.6. The molecule has 0 spiro atoms. The van der Waals surface area contributed by atoms with E-state index in [0.29, 0.717) is 31.6 Å². The van der Waals surface area contributed by atoms with Crippen LogP contribution in [0.1, 0.15) is 337 Å². The van der Waals surface area contributed by atoms with Crippen molar-refractivity contribution in [2.75, 3.05) is 39.6 Å². The van der Waals surface area contributed by atoms with Crippen LogP contribution < -0.4 is 0 Å². The Kier molecular flexibility index (Phi) is 58.0. The van der Waals surface area contributed by atoms with Gasteiger partial charge >= 0.3 is 39.5 Å². The number of aliphatic hydroxyl groups excluding tert-OH is 1. The van der Waals surface area contributed by atoms with E-state index in [4.69, 9.17) is 37.0 Å². The van der Waals surface area contributed by atoms with Gasteiger partial charge in [0.15, 0.2) is 12.2 Å². The zero-order chi connectivity index (χ0) is 63.6. The average Bonchev–Trinajstić information content (AvgIpc) is 3.69. The van der Waals surface area contributed by atoms with E-state index in [1.807, 2.05) is 0 Å². The Morgan fingerprint density at radius 1 is 0.314 bits per heavy atom. The number of hydrogen-bond donors (Lipinski definition) is 3. The molecule has 17 nitrogen and oxygen atoms in total. The van der Waals surface area contributed by atoms with Crippen molar-refractivity contribution in [3.05, 3.63) is 0 Å².